The monoisotopic (exact) mass is 442 g/mol. The number of nitrogens with zero attached hydrogens (tertiary/aromatic N) is 3. The fourth-order valence-corrected chi connectivity index (χ4v) is 3.69. The minimum atomic E-state index is -0.599. The Morgan fingerprint density at radius 2 is 1.91 bits per heavy atom. The van der Waals surface area contributed by atoms with Crippen LogP contribution in [0.15, 0.2) is 35.1 Å². The molecule has 32 heavy (non-hydrogen) atoms. The molecule has 1 N–H and O–H groups in total. The van der Waals surface area contributed by atoms with Crippen molar-refractivity contribution in [3.8, 4) is 0 Å². The number of rotatable bonds is 4. The number of alkyl carbamates (subject to hydrolysis) is 1. The highest BCUT2D eigenvalue weighted by atomic mass is 16.6. The van der Waals surface area contributed by atoms with Crippen LogP contribution in [0.25, 0.3) is 0 Å². The zero-order valence-corrected chi connectivity index (χ0v) is 19.2. The Morgan fingerprint density at radius 3 is 2.53 bits per heavy atom. The summed E-state index contributed by atoms with van der Waals surface area (Å²) in [5.41, 5.74) is 1.18. The van der Waals surface area contributed by atoms with Gasteiger partial charge < -0.3 is 19.7 Å². The predicted octanol–water partition coefficient (Wildman–Crippen LogP) is 2.79. The van der Waals surface area contributed by atoms with Gasteiger partial charge in [0.1, 0.15) is 18.0 Å². The van der Waals surface area contributed by atoms with E-state index in [-0.39, 0.29) is 18.7 Å². The number of amides is 2. The smallest absolute Gasteiger partial charge is 0.410 e. The second-order valence-electron chi connectivity index (χ2n) is 8.69. The Morgan fingerprint density at radius 1 is 1.22 bits per heavy atom. The maximum Gasteiger partial charge on any atom is 0.410 e. The van der Waals surface area contributed by atoms with E-state index in [0.29, 0.717) is 30.0 Å². The third-order valence-corrected chi connectivity index (χ3v) is 5.17. The largest absolute Gasteiger partial charge is 0.447 e. The van der Waals surface area contributed by atoms with E-state index in [1.165, 1.54) is 7.05 Å². The van der Waals surface area contributed by atoms with Crippen molar-refractivity contribution in [2.75, 3.05) is 20.2 Å². The Bertz CT molecular complexity index is 1040. The molecule has 0 aliphatic carbocycles. The Hall–Kier alpha value is -3.36. The van der Waals surface area contributed by atoms with Crippen LogP contribution < -0.4 is 10.9 Å². The first-order valence-electron chi connectivity index (χ1n) is 10.6. The Kier molecular flexibility index (Phi) is 6.86. The summed E-state index contributed by atoms with van der Waals surface area (Å²) >= 11 is 0. The number of carbonyl (C=O) groups is 2. The van der Waals surface area contributed by atoms with Crippen LogP contribution in [-0.2, 0) is 22.4 Å². The Labute approximate surface area is 187 Å². The SMILES string of the molecule is CNC(=O)OCC(c1ccccc1)n1c(C)nc2c(c1=O)CCN(C(=O)OC(C)(C)C)C2. The number of carbonyl (C=O) groups excluding carboxylic acids is 2. The fourth-order valence-electron chi connectivity index (χ4n) is 3.69. The number of aryl methyl sites for hydroxylation is 1. The molecule has 2 aromatic rings. The zero-order valence-electron chi connectivity index (χ0n) is 19.2. The molecule has 1 unspecified atom stereocenters. The van der Waals surface area contributed by atoms with Crippen LogP contribution in [0.4, 0.5) is 9.59 Å². The highest BCUT2D eigenvalue weighted by Crippen LogP contribution is 2.22. The standard InChI is InChI=1S/C23H30N4O5/c1-15-25-18-13-26(22(30)32-23(2,3)4)12-11-17(18)20(28)27(15)19(14-31-21(29)24-5)16-9-7-6-8-10-16/h6-10,19H,11-14H2,1-5H3,(H,24,29). The molecule has 0 fully saturated rings. The van der Waals surface area contributed by atoms with Gasteiger partial charge in [0.25, 0.3) is 5.56 Å². The van der Waals surface area contributed by atoms with Gasteiger partial charge in [0.05, 0.1) is 18.3 Å². The summed E-state index contributed by atoms with van der Waals surface area (Å²) in [5, 5.41) is 2.42. The highest BCUT2D eigenvalue weighted by Gasteiger charge is 2.30. The lowest BCUT2D eigenvalue weighted by Crippen LogP contribution is -2.44. The van der Waals surface area contributed by atoms with Crippen LogP contribution in [0.3, 0.4) is 0 Å². The van der Waals surface area contributed by atoms with Crippen LogP contribution in [-0.4, -0.2) is 52.4 Å². The molecule has 1 aromatic heterocycles. The van der Waals surface area contributed by atoms with Crippen molar-refractivity contribution in [1.29, 1.82) is 0 Å². The Balaban J connectivity index is 1.95. The molecule has 0 saturated carbocycles. The summed E-state index contributed by atoms with van der Waals surface area (Å²) < 4.78 is 12.3. The van der Waals surface area contributed by atoms with E-state index in [2.05, 4.69) is 10.3 Å². The molecular weight excluding hydrogens is 412 g/mol. The topological polar surface area (TPSA) is 103 Å². The molecule has 3 rings (SSSR count). The van der Waals surface area contributed by atoms with Gasteiger partial charge in [0.2, 0.25) is 0 Å². The second kappa shape index (κ2) is 9.42. The molecule has 0 saturated heterocycles. The number of aromatic nitrogens is 2. The van der Waals surface area contributed by atoms with Crippen molar-refractivity contribution in [3.63, 3.8) is 0 Å². The van der Waals surface area contributed by atoms with Gasteiger partial charge in [-0.2, -0.15) is 0 Å². The summed E-state index contributed by atoms with van der Waals surface area (Å²) in [4.78, 5) is 43.9. The average Bonchev–Trinajstić information content (AvgIpc) is 2.74. The molecule has 1 aliphatic heterocycles. The van der Waals surface area contributed by atoms with Gasteiger partial charge in [-0.1, -0.05) is 30.3 Å². The second-order valence-corrected chi connectivity index (χ2v) is 8.69. The van der Waals surface area contributed by atoms with Gasteiger partial charge in [-0.05, 0) is 39.7 Å². The maximum absolute atomic E-state index is 13.5. The summed E-state index contributed by atoms with van der Waals surface area (Å²) in [6, 6.07) is 8.86. The molecule has 0 spiro atoms. The van der Waals surface area contributed by atoms with E-state index in [0.717, 1.165) is 5.56 Å². The van der Waals surface area contributed by atoms with E-state index in [4.69, 9.17) is 9.47 Å². The van der Waals surface area contributed by atoms with Crippen molar-refractivity contribution in [3.05, 3.63) is 63.3 Å². The molecule has 2 heterocycles. The summed E-state index contributed by atoms with van der Waals surface area (Å²) in [6.45, 7) is 7.74. The van der Waals surface area contributed by atoms with Gasteiger partial charge in [0, 0.05) is 19.2 Å². The molecule has 1 aromatic carbocycles. The average molecular weight is 443 g/mol. The van der Waals surface area contributed by atoms with Gasteiger partial charge in [-0.15, -0.1) is 0 Å². The van der Waals surface area contributed by atoms with Gasteiger partial charge >= 0.3 is 12.2 Å². The van der Waals surface area contributed by atoms with E-state index in [1.807, 2.05) is 51.1 Å². The maximum atomic E-state index is 13.5. The number of ether oxygens (including phenoxy) is 2. The third kappa shape index (κ3) is 5.27. The van der Waals surface area contributed by atoms with Crippen LogP contribution in [0.2, 0.25) is 0 Å². The third-order valence-electron chi connectivity index (χ3n) is 5.17. The van der Waals surface area contributed by atoms with Crippen LogP contribution in [0, 0.1) is 6.92 Å². The predicted molar refractivity (Wildman–Crippen MR) is 119 cm³/mol. The van der Waals surface area contributed by atoms with E-state index in [9.17, 15) is 14.4 Å². The zero-order chi connectivity index (χ0) is 23.5. The molecule has 9 heteroatoms. The minimum absolute atomic E-state index is 0.0189. The first-order chi connectivity index (χ1) is 15.1. The van der Waals surface area contributed by atoms with Gasteiger partial charge in [0.15, 0.2) is 0 Å². The minimum Gasteiger partial charge on any atom is -0.447 e. The lowest BCUT2D eigenvalue weighted by molar-refractivity contribution is 0.0219. The summed E-state index contributed by atoms with van der Waals surface area (Å²) in [6.07, 6.45) is -0.623. The quantitative estimate of drug-likeness (QED) is 0.781. The number of hydrogen-bond donors (Lipinski definition) is 1. The molecule has 172 valence electrons. The van der Waals surface area contributed by atoms with E-state index < -0.39 is 23.8 Å². The molecule has 9 nitrogen and oxygen atoms in total. The number of fused-ring (bicyclic) bond motifs is 1. The first-order valence-corrected chi connectivity index (χ1v) is 10.6. The molecule has 0 bridgehead atoms. The lowest BCUT2D eigenvalue weighted by Gasteiger charge is -2.31. The summed E-state index contributed by atoms with van der Waals surface area (Å²) in [7, 11) is 1.48. The summed E-state index contributed by atoms with van der Waals surface area (Å²) in [5.74, 6) is 0.481. The van der Waals surface area contributed by atoms with Gasteiger partial charge in [-0.3, -0.25) is 9.36 Å². The van der Waals surface area contributed by atoms with Crippen LogP contribution in [0.5, 0.6) is 0 Å². The molecule has 2 amide bonds. The van der Waals surface area contributed by atoms with Crippen LogP contribution in [0.1, 0.15) is 49.5 Å². The molecule has 0 radical (unpaired) electrons. The normalized spacial score (nSPS) is 14.3. The fraction of sp³-hybridized carbons (Fsp3) is 0.478. The lowest BCUT2D eigenvalue weighted by atomic mass is 10.0. The molecular formula is C23H30N4O5. The van der Waals surface area contributed by atoms with Gasteiger partial charge in [-0.25, -0.2) is 14.6 Å². The van der Waals surface area contributed by atoms with Crippen molar-refractivity contribution in [2.45, 2.75) is 52.3 Å². The molecule has 1 aliphatic rings. The van der Waals surface area contributed by atoms with E-state index in [1.54, 1.807) is 16.4 Å². The first kappa shape index (κ1) is 23.3. The number of hydrogen-bond acceptors (Lipinski definition) is 6. The van der Waals surface area contributed by atoms with Crippen LogP contribution >= 0.6 is 0 Å². The van der Waals surface area contributed by atoms with Crippen molar-refractivity contribution in [2.24, 2.45) is 0 Å². The highest BCUT2D eigenvalue weighted by molar-refractivity contribution is 5.68. The number of nitrogens with one attached hydrogen (secondary N) is 1. The van der Waals surface area contributed by atoms with Crippen molar-refractivity contribution in [1.82, 2.24) is 19.8 Å². The van der Waals surface area contributed by atoms with Crippen molar-refractivity contribution >= 4 is 12.2 Å². The van der Waals surface area contributed by atoms with Crippen molar-refractivity contribution < 1.29 is 19.1 Å². The molecule has 1 atom stereocenters. The van der Waals surface area contributed by atoms with E-state index >= 15 is 0 Å². The number of benzene rings is 1.